The van der Waals surface area contributed by atoms with Crippen molar-refractivity contribution < 1.29 is 35.4 Å². The number of unbranched alkanes of at least 4 members (excludes halogenated alkanes) is 1. The number of hydrogen-bond acceptors (Lipinski definition) is 6. The molecule has 0 spiro atoms. The number of anilines is 1. The second-order valence-corrected chi connectivity index (χ2v) is 10.9. The molecule has 3 aromatic rings. The molecule has 0 atom stereocenters. The van der Waals surface area contributed by atoms with Gasteiger partial charge in [0, 0.05) is 35.4 Å². The number of aryl methyl sites for hydroxylation is 1. The third kappa shape index (κ3) is 5.79. The predicted octanol–water partition coefficient (Wildman–Crippen LogP) is 5.41. The van der Waals surface area contributed by atoms with Crippen LogP contribution in [0, 0.1) is 0 Å². The minimum atomic E-state index is -4.49. The molecule has 2 heterocycles. The summed E-state index contributed by atoms with van der Waals surface area (Å²) in [5.74, 6) is 0.233. The minimum Gasteiger partial charge on any atom is -0.748 e. The molecule has 0 saturated carbocycles. The first-order chi connectivity index (χ1) is 17.0. The van der Waals surface area contributed by atoms with Crippen molar-refractivity contribution in [3.63, 3.8) is 0 Å². The Balaban J connectivity index is 1.73. The molecule has 2 aromatic carbocycles. The first kappa shape index (κ1) is 26.3. The van der Waals surface area contributed by atoms with Crippen LogP contribution in [0.2, 0.25) is 0 Å². The zero-order valence-electron chi connectivity index (χ0n) is 19.7. The maximum Gasteiger partial charge on any atom is 0.416 e. The number of pyridine rings is 1. The smallest absolute Gasteiger partial charge is 0.416 e. The summed E-state index contributed by atoms with van der Waals surface area (Å²) in [4.78, 5) is 2.45. The van der Waals surface area contributed by atoms with E-state index in [4.69, 9.17) is 4.74 Å². The molecule has 0 bridgehead atoms. The van der Waals surface area contributed by atoms with E-state index < -0.39 is 27.6 Å². The SMILES string of the molecule is CC[n+]1c(/C=C2/Sc3ccc(C(F)(F)F)cc3N2CCCCS(=O)(=O)[O-])ccc2cc(OC)ccc21. The van der Waals surface area contributed by atoms with Gasteiger partial charge < -0.3 is 14.2 Å². The Kier molecular flexibility index (Phi) is 7.53. The lowest BCUT2D eigenvalue weighted by Crippen LogP contribution is -2.37. The van der Waals surface area contributed by atoms with Crippen molar-refractivity contribution in [1.82, 2.24) is 0 Å². The monoisotopic (exact) mass is 538 g/mol. The van der Waals surface area contributed by atoms with E-state index in [0.717, 1.165) is 39.5 Å². The number of nitrogens with zero attached hydrogens (tertiary/aromatic N) is 2. The highest BCUT2D eigenvalue weighted by Gasteiger charge is 2.34. The molecular formula is C25H25F3N2O4S2. The summed E-state index contributed by atoms with van der Waals surface area (Å²) in [5, 5.41) is 1.72. The van der Waals surface area contributed by atoms with E-state index in [1.54, 1.807) is 12.0 Å². The Labute approximate surface area is 212 Å². The summed E-state index contributed by atoms with van der Waals surface area (Å²) in [6.07, 6.45) is -2.10. The molecule has 4 rings (SSSR count). The van der Waals surface area contributed by atoms with Crippen LogP contribution in [0.5, 0.6) is 5.75 Å². The van der Waals surface area contributed by atoms with Crippen LogP contribution >= 0.6 is 11.8 Å². The number of rotatable bonds is 8. The van der Waals surface area contributed by atoms with Gasteiger partial charge in [0.25, 0.3) is 0 Å². The van der Waals surface area contributed by atoms with Crippen LogP contribution in [0.25, 0.3) is 17.0 Å². The van der Waals surface area contributed by atoms with Crippen LogP contribution in [0.1, 0.15) is 31.0 Å². The topological polar surface area (TPSA) is 73.6 Å². The predicted molar refractivity (Wildman–Crippen MR) is 133 cm³/mol. The number of alkyl halides is 3. The maximum atomic E-state index is 13.4. The fourth-order valence-corrected chi connectivity index (χ4v) is 5.89. The lowest BCUT2D eigenvalue weighted by Gasteiger charge is -2.21. The molecule has 0 radical (unpaired) electrons. The fourth-order valence-electron chi connectivity index (χ4n) is 4.21. The van der Waals surface area contributed by atoms with Gasteiger partial charge in [-0.25, -0.2) is 8.42 Å². The highest BCUT2D eigenvalue weighted by atomic mass is 32.2. The van der Waals surface area contributed by atoms with E-state index in [2.05, 4.69) is 4.57 Å². The van der Waals surface area contributed by atoms with Gasteiger partial charge in [0.05, 0.1) is 38.9 Å². The van der Waals surface area contributed by atoms with Crippen molar-refractivity contribution >= 4 is 44.5 Å². The third-order valence-corrected chi connectivity index (χ3v) is 7.84. The van der Waals surface area contributed by atoms with Gasteiger partial charge in [-0.2, -0.15) is 17.7 Å². The second kappa shape index (κ2) is 10.3. The summed E-state index contributed by atoms with van der Waals surface area (Å²) in [5.41, 5.74) is 1.52. The Morgan fingerprint density at radius 1 is 1.11 bits per heavy atom. The van der Waals surface area contributed by atoms with Crippen LogP contribution < -0.4 is 14.2 Å². The van der Waals surface area contributed by atoms with E-state index in [-0.39, 0.29) is 13.0 Å². The molecule has 0 N–H and O–H groups in total. The van der Waals surface area contributed by atoms with Crippen molar-refractivity contribution in [2.24, 2.45) is 0 Å². The second-order valence-electron chi connectivity index (χ2n) is 8.31. The van der Waals surface area contributed by atoms with E-state index in [9.17, 15) is 26.1 Å². The first-order valence-corrected chi connectivity index (χ1v) is 13.7. The number of thioether (sulfide) groups is 1. The Hall–Kier alpha value is -2.76. The molecule has 192 valence electrons. The highest BCUT2D eigenvalue weighted by molar-refractivity contribution is 8.03. The molecule has 0 aliphatic carbocycles. The van der Waals surface area contributed by atoms with Gasteiger partial charge in [0.15, 0.2) is 0 Å². The summed E-state index contributed by atoms with van der Waals surface area (Å²) < 4.78 is 80.6. The van der Waals surface area contributed by atoms with E-state index in [1.165, 1.54) is 17.8 Å². The van der Waals surface area contributed by atoms with Crippen molar-refractivity contribution in [3.05, 3.63) is 64.8 Å². The van der Waals surface area contributed by atoms with Crippen LogP contribution in [-0.2, 0) is 22.8 Å². The zero-order valence-corrected chi connectivity index (χ0v) is 21.3. The van der Waals surface area contributed by atoms with Gasteiger partial charge in [-0.15, -0.1) is 0 Å². The normalized spacial score (nSPS) is 15.1. The van der Waals surface area contributed by atoms with Gasteiger partial charge in [-0.3, -0.25) is 0 Å². The standard InChI is InChI=1S/C25H25F3N2O4S2/c1-3-29-19(8-6-17-14-20(34-2)9-10-21(17)29)16-24-30(12-4-5-13-36(31,32)33)22-15-18(25(26,27)28)7-11-23(22)35-24/h6-11,14-16H,3-5,12-13H2,1-2H3. The molecule has 6 nitrogen and oxygen atoms in total. The summed E-state index contributed by atoms with van der Waals surface area (Å²) >= 11 is 1.36. The molecule has 36 heavy (non-hydrogen) atoms. The molecule has 1 aromatic heterocycles. The number of ether oxygens (including phenoxy) is 1. The average molecular weight is 539 g/mol. The quantitative estimate of drug-likeness (QED) is 0.217. The molecule has 0 unspecified atom stereocenters. The summed E-state index contributed by atoms with van der Waals surface area (Å²) in [6, 6.07) is 13.3. The molecular weight excluding hydrogens is 513 g/mol. The molecule has 1 aliphatic rings. The first-order valence-electron chi connectivity index (χ1n) is 11.3. The van der Waals surface area contributed by atoms with E-state index in [0.29, 0.717) is 23.5 Å². The lowest BCUT2D eigenvalue weighted by molar-refractivity contribution is -0.669. The number of hydrogen-bond donors (Lipinski definition) is 0. The van der Waals surface area contributed by atoms with Crippen molar-refractivity contribution in [2.75, 3.05) is 24.3 Å². The van der Waals surface area contributed by atoms with Gasteiger partial charge in [-0.1, -0.05) is 11.8 Å². The van der Waals surface area contributed by atoms with Gasteiger partial charge >= 0.3 is 6.18 Å². The van der Waals surface area contributed by atoms with Crippen LogP contribution in [0.4, 0.5) is 18.9 Å². The highest BCUT2D eigenvalue weighted by Crippen LogP contribution is 2.48. The Bertz CT molecular complexity index is 1420. The van der Waals surface area contributed by atoms with Crippen molar-refractivity contribution in [2.45, 2.75) is 37.4 Å². The van der Waals surface area contributed by atoms with Gasteiger partial charge in [-0.05, 0) is 56.2 Å². The number of aromatic nitrogens is 1. The molecule has 0 fully saturated rings. The van der Waals surface area contributed by atoms with E-state index in [1.807, 2.05) is 43.3 Å². The number of fused-ring (bicyclic) bond motifs is 2. The van der Waals surface area contributed by atoms with Crippen LogP contribution in [0.15, 0.2) is 58.5 Å². The Morgan fingerprint density at radius 3 is 2.56 bits per heavy atom. The fraction of sp³-hybridized carbons (Fsp3) is 0.320. The number of halogens is 3. The lowest BCUT2D eigenvalue weighted by atomic mass is 10.1. The molecule has 0 saturated heterocycles. The molecule has 0 amide bonds. The maximum absolute atomic E-state index is 13.4. The summed E-state index contributed by atoms with van der Waals surface area (Å²) in [6.45, 7) is 2.96. The van der Waals surface area contributed by atoms with Crippen molar-refractivity contribution in [3.8, 4) is 5.75 Å². The molecule has 11 heteroatoms. The third-order valence-electron chi connectivity index (χ3n) is 5.94. The van der Waals surface area contributed by atoms with Crippen LogP contribution in [-0.4, -0.2) is 32.4 Å². The largest absolute Gasteiger partial charge is 0.748 e. The van der Waals surface area contributed by atoms with Crippen LogP contribution in [0.3, 0.4) is 0 Å². The number of methoxy groups -OCH3 is 1. The Morgan fingerprint density at radius 2 is 1.89 bits per heavy atom. The summed E-state index contributed by atoms with van der Waals surface area (Å²) in [7, 11) is -2.75. The van der Waals surface area contributed by atoms with Gasteiger partial charge in [0.2, 0.25) is 11.2 Å². The van der Waals surface area contributed by atoms with E-state index >= 15 is 0 Å². The van der Waals surface area contributed by atoms with Gasteiger partial charge in [0.1, 0.15) is 12.3 Å². The van der Waals surface area contributed by atoms with Crippen molar-refractivity contribution in [1.29, 1.82) is 0 Å². The molecule has 1 aliphatic heterocycles. The number of benzene rings is 2. The average Bonchev–Trinajstić information content (AvgIpc) is 3.16. The zero-order chi connectivity index (χ0) is 26.1. The minimum absolute atomic E-state index is 0.126.